The Hall–Kier alpha value is -3.49. The number of nitrogens with zero attached hydrogens (tertiary/aromatic N) is 3. The molecule has 4 aromatic rings. The van der Waals surface area contributed by atoms with E-state index in [9.17, 15) is 8.42 Å². The van der Waals surface area contributed by atoms with Crippen LogP contribution in [0.25, 0.3) is 33.4 Å². The molecule has 0 aliphatic heterocycles. The van der Waals surface area contributed by atoms with Gasteiger partial charge in [-0.25, -0.2) is 8.42 Å². The number of likely N-dealkylation sites (N-methyl/N-ethyl adjacent to an activating group) is 1. The quantitative estimate of drug-likeness (QED) is 0.430. The predicted molar refractivity (Wildman–Crippen MR) is 127 cm³/mol. The van der Waals surface area contributed by atoms with Crippen LogP contribution in [0.1, 0.15) is 6.92 Å². The van der Waals surface area contributed by atoms with Crippen LogP contribution in [0.2, 0.25) is 0 Å². The van der Waals surface area contributed by atoms with E-state index in [1.165, 1.54) is 11.4 Å². The van der Waals surface area contributed by atoms with Crippen LogP contribution in [0.15, 0.2) is 79.1 Å². The molecule has 7 nitrogen and oxygen atoms in total. The lowest BCUT2D eigenvalue weighted by Gasteiger charge is -2.22. The van der Waals surface area contributed by atoms with Crippen LogP contribution in [0.5, 0.6) is 5.75 Å². The molecule has 164 valence electrons. The van der Waals surface area contributed by atoms with Crippen molar-refractivity contribution in [3.05, 3.63) is 79.1 Å². The molecular weight excluding hydrogens is 424 g/mol. The summed E-state index contributed by atoms with van der Waals surface area (Å²) >= 11 is 0. The smallest absolute Gasteiger partial charge is 0.235 e. The van der Waals surface area contributed by atoms with Crippen molar-refractivity contribution in [1.82, 2.24) is 19.3 Å². The van der Waals surface area contributed by atoms with Crippen LogP contribution in [-0.4, -0.2) is 47.4 Å². The molecule has 0 aliphatic carbocycles. The molecule has 32 heavy (non-hydrogen) atoms. The zero-order valence-electron chi connectivity index (χ0n) is 17.9. The van der Waals surface area contributed by atoms with E-state index >= 15 is 0 Å². The second-order valence-corrected chi connectivity index (χ2v) is 9.42. The van der Waals surface area contributed by atoms with E-state index in [0.717, 1.165) is 38.8 Å². The van der Waals surface area contributed by atoms with Crippen LogP contribution in [0.3, 0.4) is 0 Å². The number of benzene rings is 1. The molecule has 1 atom stereocenters. The van der Waals surface area contributed by atoms with Gasteiger partial charge in [0, 0.05) is 36.0 Å². The molecule has 0 aliphatic rings. The minimum Gasteiger partial charge on any atom is -0.487 e. The van der Waals surface area contributed by atoms with Gasteiger partial charge in [-0.3, -0.25) is 9.97 Å². The maximum atomic E-state index is 12.0. The summed E-state index contributed by atoms with van der Waals surface area (Å²) in [7, 11) is -2.02. The fraction of sp³-hybridized carbons (Fsp3) is 0.167. The van der Waals surface area contributed by atoms with Crippen LogP contribution >= 0.6 is 0 Å². The van der Waals surface area contributed by atoms with Gasteiger partial charge in [0.05, 0.1) is 29.5 Å². The van der Waals surface area contributed by atoms with Gasteiger partial charge in [0.25, 0.3) is 0 Å². The van der Waals surface area contributed by atoms with Gasteiger partial charge in [-0.05, 0) is 30.7 Å². The topological polar surface area (TPSA) is 88.2 Å². The summed E-state index contributed by atoms with van der Waals surface area (Å²) in [6.07, 6.45) is 4.70. The van der Waals surface area contributed by atoms with Crippen LogP contribution < -0.4 is 4.74 Å². The Labute approximate surface area is 187 Å². The number of pyridine rings is 2. The lowest BCUT2D eigenvalue weighted by molar-refractivity contribution is 0.196. The number of H-pyrrole nitrogens is 1. The molecule has 0 unspecified atom stereocenters. The highest BCUT2D eigenvalue weighted by Crippen LogP contribution is 2.40. The van der Waals surface area contributed by atoms with Crippen molar-refractivity contribution in [3.63, 3.8) is 0 Å². The van der Waals surface area contributed by atoms with Gasteiger partial charge in [-0.1, -0.05) is 36.9 Å². The monoisotopic (exact) mass is 448 g/mol. The lowest BCUT2D eigenvalue weighted by Crippen LogP contribution is -2.34. The van der Waals surface area contributed by atoms with Gasteiger partial charge in [0.15, 0.2) is 0 Å². The Kier molecular flexibility index (Phi) is 6.07. The third-order valence-corrected chi connectivity index (χ3v) is 6.60. The van der Waals surface area contributed by atoms with Crippen molar-refractivity contribution in [2.24, 2.45) is 0 Å². The number of hydrogen-bond acceptors (Lipinski definition) is 5. The molecule has 0 radical (unpaired) electrons. The average Bonchev–Trinajstić information content (AvgIpc) is 3.19. The third kappa shape index (κ3) is 4.28. The molecule has 8 heteroatoms. The number of hydrogen-bond donors (Lipinski definition) is 1. The predicted octanol–water partition coefficient (Wildman–Crippen LogP) is 4.46. The Bertz CT molecular complexity index is 1350. The standard InChI is InChI=1S/C24H24N4O3S/c1-4-32(29,30)28(3)16-17(2)31-21-15-25-14-12-19(21)23-22(18-9-6-5-7-10-18)24-20(27-23)11-8-13-26-24/h4-15,17,27H,1,16H2,2-3H3/t17-/m0/s1. The van der Waals surface area contributed by atoms with Crippen LogP contribution in [-0.2, 0) is 10.0 Å². The molecule has 1 aromatic carbocycles. The summed E-state index contributed by atoms with van der Waals surface area (Å²) in [6, 6.07) is 15.8. The van der Waals surface area contributed by atoms with Crippen molar-refractivity contribution >= 4 is 21.1 Å². The lowest BCUT2D eigenvalue weighted by atomic mass is 10.0. The number of nitrogens with one attached hydrogen (secondary N) is 1. The van der Waals surface area contributed by atoms with Crippen molar-refractivity contribution < 1.29 is 13.2 Å². The molecule has 0 amide bonds. The molecule has 3 heterocycles. The summed E-state index contributed by atoms with van der Waals surface area (Å²) < 4.78 is 31.4. The van der Waals surface area contributed by atoms with E-state index in [4.69, 9.17) is 4.74 Å². The number of sulfonamides is 1. The first-order valence-electron chi connectivity index (χ1n) is 10.1. The SMILES string of the molecule is C=CS(=O)(=O)N(C)C[C@H](C)Oc1cnccc1-c1[nH]c2cccnc2c1-c1ccccc1. The summed E-state index contributed by atoms with van der Waals surface area (Å²) in [5, 5.41) is 0.929. The Balaban J connectivity index is 1.76. The molecule has 0 saturated carbocycles. The second-order valence-electron chi connectivity index (χ2n) is 7.43. The highest BCUT2D eigenvalue weighted by Gasteiger charge is 2.22. The minimum atomic E-state index is -3.52. The third-order valence-electron chi connectivity index (χ3n) is 5.16. The van der Waals surface area contributed by atoms with Gasteiger partial charge < -0.3 is 9.72 Å². The van der Waals surface area contributed by atoms with Gasteiger partial charge in [0.1, 0.15) is 11.9 Å². The molecule has 1 N–H and O–H groups in total. The molecule has 0 spiro atoms. The average molecular weight is 449 g/mol. The highest BCUT2D eigenvalue weighted by molar-refractivity contribution is 7.91. The number of aromatic nitrogens is 3. The number of aromatic amines is 1. The first-order valence-corrected chi connectivity index (χ1v) is 11.6. The van der Waals surface area contributed by atoms with E-state index in [2.05, 4.69) is 21.5 Å². The minimum absolute atomic E-state index is 0.169. The fourth-order valence-corrected chi connectivity index (χ4v) is 4.31. The maximum absolute atomic E-state index is 12.0. The first kappa shape index (κ1) is 21.7. The number of rotatable bonds is 8. The first-order chi connectivity index (χ1) is 15.4. The molecule has 0 bridgehead atoms. The summed E-state index contributed by atoms with van der Waals surface area (Å²) in [4.78, 5) is 12.3. The zero-order chi connectivity index (χ0) is 22.7. The van der Waals surface area contributed by atoms with E-state index in [1.807, 2.05) is 55.5 Å². The van der Waals surface area contributed by atoms with E-state index < -0.39 is 16.1 Å². The largest absolute Gasteiger partial charge is 0.487 e. The van der Waals surface area contributed by atoms with E-state index in [1.54, 1.807) is 18.6 Å². The second kappa shape index (κ2) is 8.94. The van der Waals surface area contributed by atoms with Crippen LogP contribution in [0.4, 0.5) is 0 Å². The summed E-state index contributed by atoms with van der Waals surface area (Å²) in [5.41, 5.74) is 5.45. The number of fused-ring (bicyclic) bond motifs is 1. The molecule has 4 rings (SSSR count). The van der Waals surface area contributed by atoms with Gasteiger partial charge in [0.2, 0.25) is 10.0 Å². The highest BCUT2D eigenvalue weighted by atomic mass is 32.2. The van der Waals surface area contributed by atoms with Crippen LogP contribution in [0, 0.1) is 0 Å². The van der Waals surface area contributed by atoms with Gasteiger partial charge in [-0.15, -0.1) is 0 Å². The number of ether oxygens (including phenoxy) is 1. The van der Waals surface area contributed by atoms with Crippen molar-refractivity contribution in [1.29, 1.82) is 0 Å². The molecule has 0 fully saturated rings. The van der Waals surface area contributed by atoms with E-state index in [-0.39, 0.29) is 6.54 Å². The normalized spacial score (nSPS) is 12.7. The Morgan fingerprint density at radius 2 is 1.94 bits per heavy atom. The fourth-order valence-electron chi connectivity index (χ4n) is 3.64. The maximum Gasteiger partial charge on any atom is 0.235 e. The zero-order valence-corrected chi connectivity index (χ0v) is 18.7. The van der Waals surface area contributed by atoms with Crippen molar-refractivity contribution in [2.45, 2.75) is 13.0 Å². The van der Waals surface area contributed by atoms with E-state index in [0.29, 0.717) is 5.75 Å². The Morgan fingerprint density at radius 1 is 1.16 bits per heavy atom. The Morgan fingerprint density at radius 3 is 2.69 bits per heavy atom. The molecule has 0 saturated heterocycles. The summed E-state index contributed by atoms with van der Waals surface area (Å²) in [6.45, 7) is 5.35. The van der Waals surface area contributed by atoms with Gasteiger partial charge >= 0.3 is 0 Å². The van der Waals surface area contributed by atoms with Gasteiger partial charge in [-0.2, -0.15) is 4.31 Å². The summed E-state index contributed by atoms with van der Waals surface area (Å²) in [5.74, 6) is 0.549. The molecule has 3 aromatic heterocycles. The van der Waals surface area contributed by atoms with Crippen molar-refractivity contribution in [3.8, 4) is 28.1 Å². The molecular formula is C24H24N4O3S. The van der Waals surface area contributed by atoms with Crippen molar-refractivity contribution in [2.75, 3.05) is 13.6 Å².